The zero-order chi connectivity index (χ0) is 25.4. The van der Waals surface area contributed by atoms with Crippen molar-refractivity contribution in [3.8, 4) is 34.3 Å². The van der Waals surface area contributed by atoms with Crippen LogP contribution in [-0.4, -0.2) is 33.0 Å². The standard InChI is InChI=1S/C25H18N4O7/c1-13-10-14(11-17(22(13)30)25-28-23-20(36-25)4-3-9-26-23)27-24(31)21-8-7-19(35-21)16-6-5-15(34-2)12-18(16)29(32)33/h3-12,30H,1-2H3,(H,27,31). The number of furan rings is 1. The molecule has 0 atom stereocenters. The molecule has 0 unspecified atom stereocenters. The lowest BCUT2D eigenvalue weighted by Gasteiger charge is -2.09. The van der Waals surface area contributed by atoms with Crippen LogP contribution in [-0.2, 0) is 0 Å². The number of fused-ring (bicyclic) bond motifs is 1. The normalized spacial score (nSPS) is 10.9. The second-order valence-corrected chi connectivity index (χ2v) is 7.79. The second kappa shape index (κ2) is 8.87. The first-order chi connectivity index (χ1) is 17.3. The summed E-state index contributed by atoms with van der Waals surface area (Å²) in [5.41, 5.74) is 1.93. The molecule has 3 aromatic heterocycles. The van der Waals surface area contributed by atoms with Crippen LogP contribution in [0.25, 0.3) is 34.0 Å². The van der Waals surface area contributed by atoms with Crippen LogP contribution in [0.4, 0.5) is 11.4 Å². The van der Waals surface area contributed by atoms with Gasteiger partial charge in [0.25, 0.3) is 11.6 Å². The Morgan fingerprint density at radius 1 is 1.11 bits per heavy atom. The summed E-state index contributed by atoms with van der Waals surface area (Å²) < 4.78 is 16.4. The Morgan fingerprint density at radius 2 is 1.94 bits per heavy atom. The summed E-state index contributed by atoms with van der Waals surface area (Å²) in [7, 11) is 1.41. The van der Waals surface area contributed by atoms with Gasteiger partial charge in [0.15, 0.2) is 17.0 Å². The van der Waals surface area contributed by atoms with Crippen molar-refractivity contribution in [2.75, 3.05) is 12.4 Å². The minimum Gasteiger partial charge on any atom is -0.507 e. The molecule has 0 aliphatic carbocycles. The molecule has 0 saturated heterocycles. The number of phenols is 1. The van der Waals surface area contributed by atoms with Gasteiger partial charge in [-0.25, -0.2) is 4.98 Å². The summed E-state index contributed by atoms with van der Waals surface area (Å²) in [4.78, 5) is 32.3. The van der Waals surface area contributed by atoms with E-state index in [-0.39, 0.29) is 40.0 Å². The molecule has 0 saturated carbocycles. The van der Waals surface area contributed by atoms with Crippen molar-refractivity contribution in [3.05, 3.63) is 82.2 Å². The Bertz CT molecular complexity index is 1600. The van der Waals surface area contributed by atoms with Crippen LogP contribution >= 0.6 is 0 Å². The van der Waals surface area contributed by atoms with Crippen LogP contribution in [0.15, 0.2) is 69.6 Å². The number of aromatic nitrogens is 2. The summed E-state index contributed by atoms with van der Waals surface area (Å²) in [5.74, 6) is -0.0837. The van der Waals surface area contributed by atoms with Crippen molar-refractivity contribution in [1.29, 1.82) is 0 Å². The molecule has 5 aromatic rings. The third-order valence-corrected chi connectivity index (χ3v) is 5.45. The summed E-state index contributed by atoms with van der Waals surface area (Å²) in [6.45, 7) is 1.67. The number of ether oxygens (including phenoxy) is 1. The first-order valence-electron chi connectivity index (χ1n) is 10.6. The van der Waals surface area contributed by atoms with Crippen LogP contribution in [0, 0.1) is 17.0 Å². The summed E-state index contributed by atoms with van der Waals surface area (Å²) in [6, 6.07) is 13.7. The molecule has 0 spiro atoms. The van der Waals surface area contributed by atoms with Crippen molar-refractivity contribution in [1.82, 2.24) is 9.97 Å². The number of pyridine rings is 1. The van der Waals surface area contributed by atoms with E-state index in [4.69, 9.17) is 13.6 Å². The van der Waals surface area contributed by atoms with Gasteiger partial charge in [-0.15, -0.1) is 0 Å². The third kappa shape index (κ3) is 4.09. The van der Waals surface area contributed by atoms with E-state index in [0.29, 0.717) is 28.2 Å². The molecule has 0 aliphatic heterocycles. The van der Waals surface area contributed by atoms with Crippen LogP contribution in [0.1, 0.15) is 16.1 Å². The minimum atomic E-state index is -0.590. The van der Waals surface area contributed by atoms with Crippen molar-refractivity contribution >= 4 is 28.5 Å². The third-order valence-electron chi connectivity index (χ3n) is 5.45. The molecule has 2 N–H and O–H groups in total. The highest BCUT2D eigenvalue weighted by Gasteiger charge is 2.22. The number of methoxy groups -OCH3 is 1. The fourth-order valence-corrected chi connectivity index (χ4v) is 3.69. The molecule has 0 fully saturated rings. The number of hydrogen-bond acceptors (Lipinski definition) is 9. The lowest BCUT2D eigenvalue weighted by molar-refractivity contribution is -0.384. The van der Waals surface area contributed by atoms with Crippen molar-refractivity contribution in [3.63, 3.8) is 0 Å². The zero-order valence-corrected chi connectivity index (χ0v) is 19.0. The smallest absolute Gasteiger partial charge is 0.291 e. The molecule has 11 nitrogen and oxygen atoms in total. The van der Waals surface area contributed by atoms with Gasteiger partial charge in [0.2, 0.25) is 5.89 Å². The number of carbonyl (C=O) groups is 1. The first kappa shape index (κ1) is 22.6. The number of nitro benzene ring substituents is 1. The number of anilines is 1. The van der Waals surface area contributed by atoms with Crippen molar-refractivity contribution in [2.24, 2.45) is 0 Å². The van der Waals surface area contributed by atoms with E-state index in [9.17, 15) is 20.0 Å². The lowest BCUT2D eigenvalue weighted by atomic mass is 10.1. The molecular weight excluding hydrogens is 468 g/mol. The largest absolute Gasteiger partial charge is 0.507 e. The molecule has 180 valence electrons. The first-order valence-corrected chi connectivity index (χ1v) is 10.6. The quantitative estimate of drug-likeness (QED) is 0.184. The van der Waals surface area contributed by atoms with E-state index in [1.807, 2.05) is 0 Å². The van der Waals surface area contributed by atoms with Gasteiger partial charge in [-0.3, -0.25) is 14.9 Å². The van der Waals surface area contributed by atoms with Gasteiger partial charge in [0.05, 0.1) is 29.2 Å². The van der Waals surface area contributed by atoms with E-state index < -0.39 is 10.8 Å². The fourth-order valence-electron chi connectivity index (χ4n) is 3.69. The molecule has 3 heterocycles. The van der Waals surface area contributed by atoms with Crippen molar-refractivity contribution in [2.45, 2.75) is 6.92 Å². The number of amides is 1. The van der Waals surface area contributed by atoms with Gasteiger partial charge in [-0.05, 0) is 61.0 Å². The number of aryl methyl sites for hydroxylation is 1. The number of aromatic hydroxyl groups is 1. The van der Waals surface area contributed by atoms with Gasteiger partial charge in [0, 0.05) is 11.9 Å². The molecule has 5 rings (SSSR count). The fraction of sp³-hybridized carbons (Fsp3) is 0.0800. The number of nitrogens with one attached hydrogen (secondary N) is 1. The second-order valence-electron chi connectivity index (χ2n) is 7.79. The Kier molecular flexibility index (Phi) is 5.57. The summed E-state index contributed by atoms with van der Waals surface area (Å²) in [6.07, 6.45) is 1.58. The van der Waals surface area contributed by atoms with Gasteiger partial charge in [-0.2, -0.15) is 4.98 Å². The zero-order valence-electron chi connectivity index (χ0n) is 19.0. The van der Waals surface area contributed by atoms with E-state index in [1.165, 1.54) is 37.4 Å². The molecule has 36 heavy (non-hydrogen) atoms. The number of benzene rings is 2. The number of hydrogen-bond donors (Lipinski definition) is 2. The molecule has 1 amide bonds. The maximum absolute atomic E-state index is 12.9. The average molecular weight is 486 g/mol. The molecule has 0 bridgehead atoms. The van der Waals surface area contributed by atoms with Crippen LogP contribution in [0.5, 0.6) is 11.5 Å². The van der Waals surface area contributed by atoms with E-state index in [0.717, 1.165) is 0 Å². The van der Waals surface area contributed by atoms with Gasteiger partial charge in [0.1, 0.15) is 17.3 Å². The predicted octanol–water partition coefficient (Wildman–Crippen LogP) is 5.33. The maximum atomic E-state index is 12.9. The average Bonchev–Trinajstić information content (AvgIpc) is 3.53. The van der Waals surface area contributed by atoms with Gasteiger partial charge >= 0.3 is 0 Å². The number of nitro groups is 1. The minimum absolute atomic E-state index is 0.0494. The van der Waals surface area contributed by atoms with Gasteiger partial charge < -0.3 is 24.0 Å². The highest BCUT2D eigenvalue weighted by molar-refractivity contribution is 6.03. The van der Waals surface area contributed by atoms with E-state index >= 15 is 0 Å². The maximum Gasteiger partial charge on any atom is 0.291 e. The number of carbonyl (C=O) groups excluding carboxylic acids is 1. The SMILES string of the molecule is COc1ccc(-c2ccc(C(=O)Nc3cc(C)c(O)c(-c4nc5ncccc5o4)c3)o2)c([N+](=O)[O-])c1. The highest BCUT2D eigenvalue weighted by Crippen LogP contribution is 2.37. The Balaban J connectivity index is 1.44. The molecular formula is C25H18N4O7. The molecule has 0 aliphatic rings. The van der Waals surface area contributed by atoms with Crippen LogP contribution < -0.4 is 10.1 Å². The number of oxazole rings is 1. The lowest BCUT2D eigenvalue weighted by Crippen LogP contribution is -2.11. The molecule has 2 aromatic carbocycles. The molecule has 0 radical (unpaired) electrons. The topological polar surface area (TPSA) is 154 Å². The number of rotatable bonds is 6. The van der Waals surface area contributed by atoms with Gasteiger partial charge in [-0.1, -0.05) is 0 Å². The summed E-state index contributed by atoms with van der Waals surface area (Å²) >= 11 is 0. The number of phenolic OH excluding ortho intramolecular Hbond substituents is 1. The monoisotopic (exact) mass is 486 g/mol. The van der Waals surface area contributed by atoms with Crippen LogP contribution in [0.3, 0.4) is 0 Å². The molecule has 11 heteroatoms. The highest BCUT2D eigenvalue weighted by atomic mass is 16.6. The Hall–Kier alpha value is -5.19. The Labute approximate surface area is 203 Å². The predicted molar refractivity (Wildman–Crippen MR) is 129 cm³/mol. The Morgan fingerprint density at radius 3 is 2.69 bits per heavy atom. The summed E-state index contributed by atoms with van der Waals surface area (Å²) in [5, 5.41) is 24.8. The van der Waals surface area contributed by atoms with E-state index in [2.05, 4.69) is 15.3 Å². The van der Waals surface area contributed by atoms with Crippen molar-refractivity contribution < 1.29 is 28.4 Å². The van der Waals surface area contributed by atoms with Crippen LogP contribution in [0.2, 0.25) is 0 Å². The van der Waals surface area contributed by atoms with E-state index in [1.54, 1.807) is 37.4 Å². The number of nitrogens with zero attached hydrogens (tertiary/aromatic N) is 3.